The molecule has 2 saturated heterocycles. The van der Waals surface area contributed by atoms with Gasteiger partial charge in [-0.2, -0.15) is 4.52 Å². The van der Waals surface area contributed by atoms with Crippen LogP contribution in [0.15, 0.2) is 18.3 Å². The van der Waals surface area contributed by atoms with Gasteiger partial charge in [-0.25, -0.2) is 0 Å². The maximum absolute atomic E-state index is 12.9. The first-order chi connectivity index (χ1) is 14.2. The smallest absolute Gasteiger partial charge is 0.255 e. The molecule has 3 fully saturated rings. The van der Waals surface area contributed by atoms with Gasteiger partial charge < -0.3 is 10.2 Å². The van der Waals surface area contributed by atoms with Crippen molar-refractivity contribution < 1.29 is 9.59 Å². The Labute approximate surface area is 169 Å². The van der Waals surface area contributed by atoms with Gasteiger partial charge in [0.2, 0.25) is 5.91 Å². The van der Waals surface area contributed by atoms with Crippen molar-refractivity contribution in [3.05, 3.63) is 23.9 Å². The lowest BCUT2D eigenvalue weighted by Crippen LogP contribution is -2.51. The molecule has 0 unspecified atom stereocenters. The Morgan fingerprint density at radius 3 is 2.66 bits per heavy atom. The van der Waals surface area contributed by atoms with E-state index in [-0.39, 0.29) is 17.7 Å². The van der Waals surface area contributed by atoms with Gasteiger partial charge in [-0.1, -0.05) is 0 Å². The van der Waals surface area contributed by atoms with Crippen LogP contribution in [0, 0.1) is 5.92 Å². The van der Waals surface area contributed by atoms with Crippen molar-refractivity contribution in [1.29, 1.82) is 0 Å². The molecule has 154 valence electrons. The zero-order chi connectivity index (χ0) is 19.8. The highest BCUT2D eigenvalue weighted by Crippen LogP contribution is 2.26. The third-order valence-corrected chi connectivity index (χ3v) is 6.45. The molecule has 1 saturated carbocycles. The Morgan fingerprint density at radius 1 is 1.03 bits per heavy atom. The van der Waals surface area contributed by atoms with Crippen LogP contribution in [-0.4, -0.2) is 79.9 Å². The van der Waals surface area contributed by atoms with E-state index in [1.165, 1.54) is 4.52 Å². The van der Waals surface area contributed by atoms with Crippen molar-refractivity contribution in [3.8, 4) is 0 Å². The highest BCUT2D eigenvalue weighted by molar-refractivity contribution is 5.94. The maximum atomic E-state index is 12.9. The molecule has 5 rings (SSSR count). The van der Waals surface area contributed by atoms with E-state index in [4.69, 9.17) is 0 Å². The first kappa shape index (κ1) is 18.5. The number of carbonyl (C=O) groups is 2. The van der Waals surface area contributed by atoms with Crippen LogP contribution in [0.3, 0.4) is 0 Å². The lowest BCUT2D eigenvalue weighted by atomic mass is 9.93. The molecule has 2 aliphatic heterocycles. The number of carbonyl (C=O) groups excluding carboxylic acids is 2. The lowest BCUT2D eigenvalue weighted by molar-refractivity contribution is -0.127. The number of piperidine rings is 2. The average Bonchev–Trinajstić information content (AvgIpc) is 3.46. The molecule has 3 aliphatic rings. The quantitative estimate of drug-likeness (QED) is 0.817. The molecule has 29 heavy (non-hydrogen) atoms. The first-order valence-corrected chi connectivity index (χ1v) is 10.7. The van der Waals surface area contributed by atoms with Gasteiger partial charge in [0.1, 0.15) is 0 Å². The van der Waals surface area contributed by atoms with Crippen LogP contribution < -0.4 is 5.32 Å². The second-order valence-corrected chi connectivity index (χ2v) is 8.54. The predicted molar refractivity (Wildman–Crippen MR) is 105 cm³/mol. The summed E-state index contributed by atoms with van der Waals surface area (Å²) >= 11 is 0. The van der Waals surface area contributed by atoms with Gasteiger partial charge in [0.15, 0.2) is 5.65 Å². The lowest BCUT2D eigenvalue weighted by Gasteiger charge is -2.42. The monoisotopic (exact) mass is 397 g/mol. The topological polar surface area (TPSA) is 95.7 Å². The fourth-order valence-electron chi connectivity index (χ4n) is 4.58. The van der Waals surface area contributed by atoms with E-state index in [0.29, 0.717) is 23.3 Å². The number of nitrogens with zero attached hydrogens (tertiary/aromatic N) is 6. The average molecular weight is 397 g/mol. The number of fused-ring (bicyclic) bond motifs is 1. The largest absolute Gasteiger partial charge is 0.353 e. The highest BCUT2D eigenvalue weighted by atomic mass is 16.2. The summed E-state index contributed by atoms with van der Waals surface area (Å²) in [6.45, 7) is 3.40. The maximum Gasteiger partial charge on any atom is 0.255 e. The van der Waals surface area contributed by atoms with Crippen molar-refractivity contribution in [2.45, 2.75) is 50.6 Å². The van der Waals surface area contributed by atoms with E-state index >= 15 is 0 Å². The fraction of sp³-hybridized carbons (Fsp3) is 0.650. The Morgan fingerprint density at radius 2 is 1.86 bits per heavy atom. The molecular formula is C20H27N7O2. The van der Waals surface area contributed by atoms with Crippen molar-refractivity contribution in [3.63, 3.8) is 0 Å². The van der Waals surface area contributed by atoms with Gasteiger partial charge in [-0.3, -0.25) is 14.5 Å². The summed E-state index contributed by atoms with van der Waals surface area (Å²) in [6, 6.07) is 4.44. The number of tetrazole rings is 1. The van der Waals surface area contributed by atoms with E-state index < -0.39 is 0 Å². The molecule has 2 aromatic rings. The highest BCUT2D eigenvalue weighted by Gasteiger charge is 2.34. The summed E-state index contributed by atoms with van der Waals surface area (Å²) in [6.07, 6.45) is 7.94. The Balaban J connectivity index is 1.16. The Hall–Kier alpha value is -2.55. The number of hydrogen-bond donors (Lipinski definition) is 1. The molecule has 0 radical (unpaired) electrons. The van der Waals surface area contributed by atoms with Gasteiger partial charge >= 0.3 is 0 Å². The van der Waals surface area contributed by atoms with E-state index in [0.717, 1.165) is 64.7 Å². The van der Waals surface area contributed by atoms with Crippen molar-refractivity contribution in [2.24, 2.45) is 5.92 Å². The Kier molecular flexibility index (Phi) is 4.91. The minimum absolute atomic E-state index is 0.0289. The number of pyridine rings is 1. The third-order valence-electron chi connectivity index (χ3n) is 6.45. The van der Waals surface area contributed by atoms with Crippen LogP contribution in [0.4, 0.5) is 0 Å². The van der Waals surface area contributed by atoms with Crippen molar-refractivity contribution >= 4 is 17.5 Å². The first-order valence-electron chi connectivity index (χ1n) is 10.7. The summed E-state index contributed by atoms with van der Waals surface area (Å²) in [7, 11) is 0. The zero-order valence-electron chi connectivity index (χ0n) is 16.5. The summed E-state index contributed by atoms with van der Waals surface area (Å²) in [5.41, 5.74) is 1.24. The minimum atomic E-state index is 0.0289. The van der Waals surface area contributed by atoms with Crippen LogP contribution in [0.1, 0.15) is 48.9 Å². The summed E-state index contributed by atoms with van der Waals surface area (Å²) in [5.74, 6) is 0.385. The molecule has 9 nitrogen and oxygen atoms in total. The van der Waals surface area contributed by atoms with Gasteiger partial charge in [0.25, 0.3) is 5.91 Å². The van der Waals surface area contributed by atoms with Gasteiger partial charge in [-0.05, 0) is 67.6 Å². The molecule has 4 heterocycles. The second-order valence-electron chi connectivity index (χ2n) is 8.54. The molecule has 0 spiro atoms. The van der Waals surface area contributed by atoms with Crippen LogP contribution >= 0.6 is 0 Å². The van der Waals surface area contributed by atoms with Crippen LogP contribution in [0.5, 0.6) is 0 Å². The molecular weight excluding hydrogens is 370 g/mol. The zero-order valence-corrected chi connectivity index (χ0v) is 16.5. The van der Waals surface area contributed by atoms with E-state index in [9.17, 15) is 9.59 Å². The van der Waals surface area contributed by atoms with Gasteiger partial charge in [0, 0.05) is 37.9 Å². The normalized spacial score (nSPS) is 24.0. The third kappa shape index (κ3) is 3.96. The molecule has 1 aliphatic carbocycles. The van der Waals surface area contributed by atoms with Crippen molar-refractivity contribution in [2.75, 3.05) is 26.2 Å². The van der Waals surface area contributed by atoms with Gasteiger partial charge in [0.05, 0.1) is 11.5 Å². The number of aromatic nitrogens is 4. The molecule has 9 heteroatoms. The summed E-state index contributed by atoms with van der Waals surface area (Å²) in [4.78, 5) is 29.7. The molecule has 1 atom stereocenters. The standard InChI is InChI=1S/C20H27N7O2/c28-19(21-16-4-5-16)14-2-1-9-26(12-14)17-7-10-25(11-8-17)20(29)15-3-6-18-22-23-24-27(18)13-15/h3,6,13-14,16-17H,1-2,4-5,7-12H2,(H,21,28)/t14-/m0/s1. The SMILES string of the molecule is O=C(NC1CC1)[C@H]1CCCN(C2CCN(C(=O)c3ccc4nnnn4c3)CC2)C1. The van der Waals surface area contributed by atoms with Crippen molar-refractivity contribution in [1.82, 2.24) is 35.2 Å². The fourth-order valence-corrected chi connectivity index (χ4v) is 4.58. The summed E-state index contributed by atoms with van der Waals surface area (Å²) in [5, 5.41) is 14.5. The van der Waals surface area contributed by atoms with E-state index in [1.54, 1.807) is 18.3 Å². The van der Waals surface area contributed by atoms with Crippen LogP contribution in [0.25, 0.3) is 5.65 Å². The Bertz CT molecular complexity index is 901. The molecule has 2 aromatic heterocycles. The van der Waals surface area contributed by atoms with Gasteiger partial charge in [-0.15, -0.1) is 5.10 Å². The molecule has 0 aromatic carbocycles. The van der Waals surface area contributed by atoms with E-state index in [1.807, 2.05) is 4.90 Å². The number of hydrogen-bond acceptors (Lipinski definition) is 6. The number of rotatable bonds is 4. The minimum Gasteiger partial charge on any atom is -0.353 e. The van der Waals surface area contributed by atoms with Crippen LogP contribution in [0.2, 0.25) is 0 Å². The summed E-state index contributed by atoms with van der Waals surface area (Å²) < 4.78 is 1.53. The molecule has 0 bridgehead atoms. The van der Waals surface area contributed by atoms with E-state index in [2.05, 4.69) is 25.7 Å². The number of amides is 2. The second kappa shape index (κ2) is 7.70. The number of likely N-dealkylation sites (tertiary alicyclic amines) is 2. The predicted octanol–water partition coefficient (Wildman–Crippen LogP) is 0.720. The number of nitrogens with one attached hydrogen (secondary N) is 1. The molecule has 2 amide bonds. The van der Waals surface area contributed by atoms with Crippen LogP contribution in [-0.2, 0) is 4.79 Å². The molecule has 1 N–H and O–H groups in total.